The fourth-order valence-electron chi connectivity index (χ4n) is 4.64. The number of aromatic nitrogens is 3. The van der Waals surface area contributed by atoms with Crippen LogP contribution in [0.15, 0.2) is 84.0 Å². The fraction of sp³-hybridized carbons (Fsp3) is 0.233. The molecule has 0 atom stereocenters. The van der Waals surface area contributed by atoms with Gasteiger partial charge in [0.05, 0.1) is 19.6 Å². The third kappa shape index (κ3) is 6.15. The molecule has 0 saturated heterocycles. The van der Waals surface area contributed by atoms with Crippen molar-refractivity contribution >= 4 is 43.6 Å². The summed E-state index contributed by atoms with van der Waals surface area (Å²) in [6.45, 7) is 0.916. The largest absolute Gasteiger partial charge is 0.497 e. The molecule has 12 heteroatoms. The molecule has 0 aliphatic heterocycles. The number of pyridine rings is 1. The van der Waals surface area contributed by atoms with E-state index in [9.17, 15) is 13.2 Å². The smallest absolute Gasteiger partial charge is 0.354 e. The normalized spacial score (nSPS) is 11.6. The standard InChI is InChI=1S/C30H31N5O5S2/c1-34-26(30(36)40-3)15-16-27(34)42(37,38)35(19-5-18-31-28-25-6-4-17-32-29(25)41-33-28)20-21-7-9-22(10-8-21)23-11-13-24(39-2)14-12-23/h4,6-17H,5,18-20H2,1-3H3,(H,31,33). The summed E-state index contributed by atoms with van der Waals surface area (Å²) in [6, 6.07) is 22.3. The Bertz CT molecular complexity index is 1780. The lowest BCUT2D eigenvalue weighted by atomic mass is 10.0. The van der Waals surface area contributed by atoms with Gasteiger partial charge in [0.2, 0.25) is 0 Å². The topological polar surface area (TPSA) is 116 Å². The monoisotopic (exact) mass is 605 g/mol. The van der Waals surface area contributed by atoms with Gasteiger partial charge in [-0.1, -0.05) is 36.4 Å². The van der Waals surface area contributed by atoms with E-state index in [0.717, 1.165) is 38.5 Å². The predicted molar refractivity (Wildman–Crippen MR) is 163 cm³/mol. The average molecular weight is 606 g/mol. The summed E-state index contributed by atoms with van der Waals surface area (Å²) in [6.07, 6.45) is 2.25. The van der Waals surface area contributed by atoms with Gasteiger partial charge in [-0.2, -0.15) is 8.68 Å². The van der Waals surface area contributed by atoms with Crippen LogP contribution in [0.1, 0.15) is 22.5 Å². The molecule has 0 aliphatic rings. The van der Waals surface area contributed by atoms with E-state index in [0.29, 0.717) is 13.0 Å². The highest BCUT2D eigenvalue weighted by molar-refractivity contribution is 7.89. The van der Waals surface area contributed by atoms with E-state index in [1.165, 1.54) is 39.6 Å². The first-order chi connectivity index (χ1) is 20.3. The minimum atomic E-state index is -3.97. The molecule has 0 radical (unpaired) electrons. The molecule has 0 saturated carbocycles. The van der Waals surface area contributed by atoms with Crippen molar-refractivity contribution in [3.8, 4) is 16.9 Å². The van der Waals surface area contributed by atoms with Crippen molar-refractivity contribution < 1.29 is 22.7 Å². The highest BCUT2D eigenvalue weighted by Gasteiger charge is 2.29. The second-order valence-corrected chi connectivity index (χ2v) is 12.2. The number of nitrogens with zero attached hydrogens (tertiary/aromatic N) is 4. The Morgan fingerprint density at radius 2 is 1.71 bits per heavy atom. The minimum Gasteiger partial charge on any atom is -0.497 e. The molecule has 42 heavy (non-hydrogen) atoms. The van der Waals surface area contributed by atoms with Crippen molar-refractivity contribution in [1.29, 1.82) is 0 Å². The van der Waals surface area contributed by atoms with Crippen molar-refractivity contribution in [3.05, 3.63) is 90.3 Å². The minimum absolute atomic E-state index is 0.0160. The first kappa shape index (κ1) is 29.2. The molecular weight excluding hydrogens is 574 g/mol. The Kier molecular flexibility index (Phi) is 8.86. The number of fused-ring (bicyclic) bond motifs is 1. The van der Waals surface area contributed by atoms with Gasteiger partial charge in [-0.25, -0.2) is 18.2 Å². The van der Waals surface area contributed by atoms with E-state index < -0.39 is 16.0 Å². The van der Waals surface area contributed by atoms with Gasteiger partial charge in [0.15, 0.2) is 5.03 Å². The number of benzene rings is 2. The van der Waals surface area contributed by atoms with E-state index in [2.05, 4.69) is 14.7 Å². The van der Waals surface area contributed by atoms with Gasteiger partial charge in [-0.05, 0) is 71.0 Å². The maximum absolute atomic E-state index is 13.9. The summed E-state index contributed by atoms with van der Waals surface area (Å²) in [7, 11) is 0.472. The van der Waals surface area contributed by atoms with E-state index in [1.807, 2.05) is 60.7 Å². The van der Waals surface area contributed by atoms with Crippen LogP contribution in [0, 0.1) is 0 Å². The van der Waals surface area contributed by atoms with Gasteiger partial charge in [0.25, 0.3) is 10.0 Å². The van der Waals surface area contributed by atoms with Crippen LogP contribution in [0.5, 0.6) is 5.75 Å². The van der Waals surface area contributed by atoms with Crippen molar-refractivity contribution in [3.63, 3.8) is 0 Å². The molecule has 0 amide bonds. The zero-order valence-electron chi connectivity index (χ0n) is 23.5. The number of nitrogens with one attached hydrogen (secondary N) is 1. The third-order valence-corrected chi connectivity index (χ3v) is 9.64. The number of ether oxygens (including phenoxy) is 2. The van der Waals surface area contributed by atoms with Crippen molar-refractivity contribution in [2.75, 3.05) is 32.6 Å². The van der Waals surface area contributed by atoms with Crippen LogP contribution in [0.3, 0.4) is 0 Å². The molecule has 0 aliphatic carbocycles. The van der Waals surface area contributed by atoms with Crippen molar-refractivity contribution in [2.45, 2.75) is 18.0 Å². The number of esters is 1. The van der Waals surface area contributed by atoms with Crippen LogP contribution >= 0.6 is 11.5 Å². The summed E-state index contributed by atoms with van der Waals surface area (Å²) in [5.41, 5.74) is 3.03. The van der Waals surface area contributed by atoms with E-state index >= 15 is 0 Å². The number of hydrogen-bond acceptors (Lipinski definition) is 9. The number of carbonyl (C=O) groups is 1. The Morgan fingerprint density at radius 1 is 1.00 bits per heavy atom. The molecule has 218 valence electrons. The molecule has 1 N–H and O–H groups in total. The number of methoxy groups -OCH3 is 2. The summed E-state index contributed by atoms with van der Waals surface area (Å²) in [5, 5.41) is 4.26. The molecule has 5 aromatic rings. The number of carbonyl (C=O) groups excluding carboxylic acids is 1. The van der Waals surface area contributed by atoms with Crippen molar-refractivity contribution in [1.82, 2.24) is 18.2 Å². The van der Waals surface area contributed by atoms with Crippen molar-refractivity contribution in [2.24, 2.45) is 7.05 Å². The molecule has 0 fully saturated rings. The lowest BCUT2D eigenvalue weighted by Crippen LogP contribution is -2.34. The van der Waals surface area contributed by atoms with Gasteiger partial charge in [-0.15, -0.1) is 0 Å². The Morgan fingerprint density at radius 3 is 2.40 bits per heavy atom. The number of sulfonamides is 1. The summed E-state index contributed by atoms with van der Waals surface area (Å²) < 4.78 is 45.2. The number of hydrogen-bond donors (Lipinski definition) is 1. The highest BCUT2D eigenvalue weighted by Crippen LogP contribution is 2.26. The first-order valence-electron chi connectivity index (χ1n) is 13.2. The zero-order valence-corrected chi connectivity index (χ0v) is 25.1. The molecule has 0 spiro atoms. The molecule has 2 aromatic carbocycles. The molecule has 10 nitrogen and oxygen atoms in total. The van der Waals surface area contributed by atoms with E-state index in [4.69, 9.17) is 9.47 Å². The lowest BCUT2D eigenvalue weighted by Gasteiger charge is -2.23. The lowest BCUT2D eigenvalue weighted by molar-refractivity contribution is 0.0589. The van der Waals surface area contributed by atoms with Gasteiger partial charge in [0.1, 0.15) is 22.1 Å². The highest BCUT2D eigenvalue weighted by atomic mass is 32.2. The molecule has 3 heterocycles. The summed E-state index contributed by atoms with van der Waals surface area (Å²) >= 11 is 1.31. The van der Waals surface area contributed by atoms with Gasteiger partial charge in [0, 0.05) is 32.9 Å². The van der Waals surface area contributed by atoms with Crippen LogP contribution in [-0.2, 0) is 28.4 Å². The predicted octanol–water partition coefficient (Wildman–Crippen LogP) is 5.19. The second kappa shape index (κ2) is 12.7. The Hall–Kier alpha value is -4.26. The van der Waals surface area contributed by atoms with Gasteiger partial charge >= 0.3 is 5.97 Å². The summed E-state index contributed by atoms with van der Waals surface area (Å²) in [4.78, 5) is 17.3. The Balaban J connectivity index is 1.35. The Labute approximate surface area is 248 Å². The van der Waals surface area contributed by atoms with Crippen LogP contribution in [0.25, 0.3) is 21.3 Å². The average Bonchev–Trinajstić information content (AvgIpc) is 3.62. The SMILES string of the molecule is COC(=O)c1ccc(S(=O)(=O)N(CCCNc2nsc3ncccc23)Cc2ccc(-c3ccc(OC)cc3)cc2)n1C. The van der Waals surface area contributed by atoms with Gasteiger partial charge < -0.3 is 19.4 Å². The molecule has 0 unspecified atom stereocenters. The van der Waals surface area contributed by atoms with E-state index in [1.54, 1.807) is 20.4 Å². The molecular formula is C30H31N5O5S2. The zero-order chi connectivity index (χ0) is 29.7. The fourth-order valence-corrected chi connectivity index (χ4v) is 6.99. The molecule has 0 bridgehead atoms. The van der Waals surface area contributed by atoms with Crippen LogP contribution < -0.4 is 10.1 Å². The number of anilines is 1. The van der Waals surface area contributed by atoms with Crippen LogP contribution in [0.4, 0.5) is 5.82 Å². The third-order valence-electron chi connectivity index (χ3n) is 6.94. The van der Waals surface area contributed by atoms with Gasteiger partial charge in [-0.3, -0.25) is 0 Å². The second-order valence-electron chi connectivity index (χ2n) is 9.54. The maximum Gasteiger partial charge on any atom is 0.354 e. The maximum atomic E-state index is 13.9. The summed E-state index contributed by atoms with van der Waals surface area (Å²) in [5.74, 6) is 0.909. The molecule has 3 aromatic heterocycles. The number of rotatable bonds is 12. The van der Waals surface area contributed by atoms with E-state index in [-0.39, 0.29) is 23.8 Å². The first-order valence-corrected chi connectivity index (χ1v) is 15.4. The van der Waals surface area contributed by atoms with Crippen LogP contribution in [0.2, 0.25) is 0 Å². The quantitative estimate of drug-likeness (QED) is 0.153. The van der Waals surface area contributed by atoms with Crippen LogP contribution in [-0.4, -0.2) is 59.9 Å². The molecule has 5 rings (SSSR count).